The van der Waals surface area contributed by atoms with E-state index in [-0.39, 0.29) is 29.6 Å². The Morgan fingerprint density at radius 3 is 2.29 bits per heavy atom. The number of carbonyl (C=O) groups is 2. The summed E-state index contributed by atoms with van der Waals surface area (Å²) in [5.41, 5.74) is 5.91. The molecule has 0 bridgehead atoms. The van der Waals surface area contributed by atoms with Gasteiger partial charge in [0.25, 0.3) is 5.88 Å². The third kappa shape index (κ3) is 8.12. The van der Waals surface area contributed by atoms with Crippen LogP contribution in [0.2, 0.25) is 5.02 Å². The quantitative estimate of drug-likeness (QED) is 0.402. The number of halogens is 5. The molecule has 0 spiro atoms. The van der Waals surface area contributed by atoms with Crippen molar-refractivity contribution >= 4 is 23.5 Å². The van der Waals surface area contributed by atoms with Crippen LogP contribution in [0.1, 0.15) is 6.42 Å². The van der Waals surface area contributed by atoms with E-state index in [1.54, 1.807) is 30.5 Å². The van der Waals surface area contributed by atoms with Crippen molar-refractivity contribution < 1.29 is 42.1 Å². The SMILES string of the molecule is NC(CC(=O)O)Cn1ccn(-c2ccc(Oc3ncc(Cl)cc3F)cc2)c1=O.O=C(O)C(F)(F)F. The van der Waals surface area contributed by atoms with Gasteiger partial charge in [-0.05, 0) is 30.3 Å². The second kappa shape index (κ2) is 11.5. The summed E-state index contributed by atoms with van der Waals surface area (Å²) in [5, 5.41) is 16.0. The summed E-state index contributed by atoms with van der Waals surface area (Å²) in [6.45, 7) is 0.0842. The molecule has 0 saturated carbocycles. The molecule has 10 nitrogen and oxygen atoms in total. The molecule has 188 valence electrons. The number of hydrogen-bond donors (Lipinski definition) is 3. The third-order valence-corrected chi connectivity index (χ3v) is 4.27. The molecule has 0 aliphatic rings. The van der Waals surface area contributed by atoms with Crippen molar-refractivity contribution in [1.29, 1.82) is 0 Å². The standard InChI is InChI=1S/C18H16ClFN4O4.C2HF3O2/c19-11-7-15(20)17(22-9-11)28-14-3-1-13(2-4-14)24-6-5-23(18(24)27)10-12(21)8-16(25)26;3-2(4,5)1(6)7/h1-7,9,12H,8,10,21H2,(H,25,26);(H,6,7). The van der Waals surface area contributed by atoms with Crippen LogP contribution < -0.4 is 16.2 Å². The van der Waals surface area contributed by atoms with Crippen molar-refractivity contribution in [3.05, 3.63) is 70.2 Å². The van der Waals surface area contributed by atoms with Crippen LogP contribution in [-0.4, -0.2) is 48.5 Å². The molecule has 0 aliphatic carbocycles. The van der Waals surface area contributed by atoms with Gasteiger partial charge in [-0.15, -0.1) is 0 Å². The van der Waals surface area contributed by atoms with E-state index < -0.39 is 30.0 Å². The van der Waals surface area contributed by atoms with E-state index in [1.807, 2.05) is 0 Å². The average Bonchev–Trinajstić information content (AvgIpc) is 3.10. The molecule has 0 aliphatic heterocycles. The Hall–Kier alpha value is -3.91. The molecule has 0 amide bonds. The molecule has 2 aromatic heterocycles. The lowest BCUT2D eigenvalue weighted by atomic mass is 10.2. The van der Waals surface area contributed by atoms with Crippen molar-refractivity contribution in [1.82, 2.24) is 14.1 Å². The van der Waals surface area contributed by atoms with E-state index in [2.05, 4.69) is 4.98 Å². The monoisotopic (exact) mass is 520 g/mol. The van der Waals surface area contributed by atoms with Gasteiger partial charge in [0.1, 0.15) is 5.75 Å². The molecular weight excluding hydrogens is 504 g/mol. The summed E-state index contributed by atoms with van der Waals surface area (Å²) in [7, 11) is 0. The number of pyridine rings is 1. The Bertz CT molecular complexity index is 1240. The van der Waals surface area contributed by atoms with Crippen molar-refractivity contribution in [2.45, 2.75) is 25.2 Å². The van der Waals surface area contributed by atoms with Crippen molar-refractivity contribution in [2.24, 2.45) is 5.73 Å². The molecule has 4 N–H and O–H groups in total. The number of carboxylic acids is 2. The highest BCUT2D eigenvalue weighted by Gasteiger charge is 2.38. The van der Waals surface area contributed by atoms with Gasteiger partial charge < -0.3 is 20.7 Å². The van der Waals surface area contributed by atoms with E-state index in [9.17, 15) is 27.2 Å². The Balaban J connectivity index is 0.000000540. The number of benzene rings is 1. The maximum absolute atomic E-state index is 13.8. The van der Waals surface area contributed by atoms with Crippen molar-refractivity contribution in [2.75, 3.05) is 0 Å². The minimum atomic E-state index is -5.08. The van der Waals surface area contributed by atoms with Gasteiger partial charge in [-0.25, -0.2) is 19.0 Å². The zero-order chi connectivity index (χ0) is 26.3. The normalized spacial score (nSPS) is 11.8. The predicted molar refractivity (Wildman–Crippen MR) is 113 cm³/mol. The van der Waals surface area contributed by atoms with Crippen LogP contribution in [0.3, 0.4) is 0 Å². The third-order valence-electron chi connectivity index (χ3n) is 4.06. The number of nitrogens with two attached hydrogens (primary N) is 1. The number of alkyl halides is 3. The first kappa shape index (κ1) is 27.3. The number of ether oxygens (including phenoxy) is 1. The summed E-state index contributed by atoms with van der Waals surface area (Å²) in [4.78, 5) is 35.8. The fourth-order valence-electron chi connectivity index (χ4n) is 2.55. The molecule has 15 heteroatoms. The highest BCUT2D eigenvalue weighted by atomic mass is 35.5. The van der Waals surface area contributed by atoms with E-state index in [4.69, 9.17) is 37.1 Å². The largest absolute Gasteiger partial charge is 0.490 e. The molecule has 0 saturated heterocycles. The highest BCUT2D eigenvalue weighted by molar-refractivity contribution is 6.30. The van der Waals surface area contributed by atoms with Gasteiger partial charge in [0, 0.05) is 31.2 Å². The maximum Gasteiger partial charge on any atom is 0.490 e. The van der Waals surface area contributed by atoms with Crippen LogP contribution in [0.5, 0.6) is 11.6 Å². The van der Waals surface area contributed by atoms with E-state index in [0.717, 1.165) is 6.07 Å². The number of carboxylic acid groups (broad SMARTS) is 2. The van der Waals surface area contributed by atoms with Crippen LogP contribution in [0.25, 0.3) is 5.69 Å². The smallest absolute Gasteiger partial charge is 0.481 e. The second-order valence-electron chi connectivity index (χ2n) is 6.80. The van der Waals surface area contributed by atoms with Crippen LogP contribution in [0.4, 0.5) is 17.6 Å². The summed E-state index contributed by atoms with van der Waals surface area (Å²) in [5.74, 6) is -4.36. The number of nitrogens with zero attached hydrogens (tertiary/aromatic N) is 3. The van der Waals surface area contributed by atoms with Crippen LogP contribution in [0.15, 0.2) is 53.7 Å². The minimum absolute atomic E-state index is 0.0842. The molecule has 2 heterocycles. The molecule has 3 rings (SSSR count). The van der Waals surface area contributed by atoms with Crippen LogP contribution in [-0.2, 0) is 16.1 Å². The van der Waals surface area contributed by atoms with Gasteiger partial charge in [-0.1, -0.05) is 11.6 Å². The Morgan fingerprint density at radius 2 is 1.77 bits per heavy atom. The molecule has 0 radical (unpaired) electrons. The first-order valence-corrected chi connectivity index (χ1v) is 9.80. The zero-order valence-corrected chi connectivity index (χ0v) is 18.2. The summed E-state index contributed by atoms with van der Waals surface area (Å²) in [6, 6.07) is 6.77. The fourth-order valence-corrected chi connectivity index (χ4v) is 2.70. The molecule has 1 unspecified atom stereocenters. The summed E-state index contributed by atoms with van der Waals surface area (Å²) < 4.78 is 53.6. The number of hydrogen-bond acceptors (Lipinski definition) is 6. The summed E-state index contributed by atoms with van der Waals surface area (Å²) in [6.07, 6.45) is -0.974. The Labute approximate surface area is 198 Å². The van der Waals surface area contributed by atoms with Gasteiger partial charge in [0.15, 0.2) is 5.82 Å². The molecule has 1 aromatic carbocycles. The zero-order valence-electron chi connectivity index (χ0n) is 17.4. The van der Waals surface area contributed by atoms with Crippen LogP contribution >= 0.6 is 11.6 Å². The first-order valence-electron chi connectivity index (χ1n) is 9.42. The topological polar surface area (TPSA) is 150 Å². The van der Waals surface area contributed by atoms with E-state index in [0.29, 0.717) is 11.4 Å². The lowest BCUT2D eigenvalue weighted by molar-refractivity contribution is -0.192. The van der Waals surface area contributed by atoms with Crippen LogP contribution in [0, 0.1) is 5.82 Å². The maximum atomic E-state index is 13.8. The van der Waals surface area contributed by atoms with E-state index in [1.165, 1.54) is 21.5 Å². The van der Waals surface area contributed by atoms with E-state index >= 15 is 0 Å². The Kier molecular flexibility index (Phi) is 8.97. The molecule has 0 fully saturated rings. The average molecular weight is 521 g/mol. The number of imidazole rings is 1. The van der Waals surface area contributed by atoms with Crippen molar-refractivity contribution in [3.63, 3.8) is 0 Å². The lowest BCUT2D eigenvalue weighted by Gasteiger charge is -2.09. The molecule has 1 atom stereocenters. The van der Waals surface area contributed by atoms with Gasteiger partial charge in [0.05, 0.1) is 17.1 Å². The van der Waals surface area contributed by atoms with Gasteiger partial charge in [0.2, 0.25) is 0 Å². The fraction of sp³-hybridized carbons (Fsp3) is 0.200. The Morgan fingerprint density at radius 1 is 1.17 bits per heavy atom. The predicted octanol–water partition coefficient (Wildman–Crippen LogP) is 3.05. The van der Waals surface area contributed by atoms with Crippen molar-refractivity contribution in [3.8, 4) is 17.3 Å². The highest BCUT2D eigenvalue weighted by Crippen LogP contribution is 2.24. The second-order valence-corrected chi connectivity index (χ2v) is 7.24. The van der Waals surface area contributed by atoms with Gasteiger partial charge in [-0.3, -0.25) is 13.9 Å². The van der Waals surface area contributed by atoms with Gasteiger partial charge >= 0.3 is 23.8 Å². The first-order chi connectivity index (χ1) is 16.3. The lowest BCUT2D eigenvalue weighted by Crippen LogP contribution is -2.34. The number of aromatic nitrogens is 3. The summed E-state index contributed by atoms with van der Waals surface area (Å²) >= 11 is 5.65. The van der Waals surface area contributed by atoms with Gasteiger partial charge in [-0.2, -0.15) is 13.2 Å². The minimum Gasteiger partial charge on any atom is -0.481 e. The number of aliphatic carboxylic acids is 2. The molecule has 3 aromatic rings. The molecule has 35 heavy (non-hydrogen) atoms. The number of rotatable bonds is 7. The molecular formula is C20H17ClF4N4O6.